The molecule has 0 aromatic heterocycles. The van der Waals surface area contributed by atoms with Gasteiger partial charge in [0.05, 0.1) is 31.3 Å². The second kappa shape index (κ2) is 27.8. The maximum absolute atomic E-state index is 12.2. The van der Waals surface area contributed by atoms with Crippen LogP contribution in [0.15, 0.2) is 0 Å². The van der Waals surface area contributed by atoms with Gasteiger partial charge in [-0.15, -0.1) is 0 Å². The Morgan fingerprint density at radius 2 is 1.00 bits per heavy atom. The van der Waals surface area contributed by atoms with Crippen molar-refractivity contribution in [3.8, 4) is 11.8 Å². The van der Waals surface area contributed by atoms with E-state index < -0.39 is 34.6 Å². The van der Waals surface area contributed by atoms with Gasteiger partial charge in [0.25, 0.3) is 0 Å². The molecule has 0 aliphatic carbocycles. The Morgan fingerprint density at radius 1 is 0.642 bits per heavy atom. The smallest absolute Gasteiger partial charge is 0.336 e. The molecule has 0 saturated carbocycles. The molecule has 53 heavy (non-hydrogen) atoms. The number of aliphatic hydroxyl groups excluding tert-OH is 1. The van der Waals surface area contributed by atoms with Crippen molar-refractivity contribution in [1.29, 1.82) is 0 Å². The first-order chi connectivity index (χ1) is 24.7. The molecule has 314 valence electrons. The van der Waals surface area contributed by atoms with Crippen LogP contribution in [0.4, 0.5) is 0 Å². The van der Waals surface area contributed by atoms with E-state index in [4.69, 9.17) is 13.6 Å². The van der Waals surface area contributed by atoms with Gasteiger partial charge in [-0.05, 0) is 63.0 Å². The van der Waals surface area contributed by atoms with Gasteiger partial charge in [0.2, 0.25) is 0 Å². The molecule has 0 aliphatic heterocycles. The standard InChI is InChI=1S/C45H91NO5Si2/c1-15-18-20-22-24-26-28-30-34-40(50-52(11,12)44(5,6)7)37-46(36-32-33-39(4)42(47)43(48)49-17-3)38-41(51-53(13,14)45(8,9)10)35-31-29-27-25-23-21-19-16-2/h39-42,47H,15-31,34-38H2,1-14H3. The SMILES string of the molecule is CCCCCCCCCCC(CN(CC#CC(C)C(O)C(=O)OCC)CC(CCCCCCCCCC)O[Si](C)(C)C(C)(C)C)O[Si](C)(C)C(C)(C)C. The van der Waals surface area contributed by atoms with Gasteiger partial charge < -0.3 is 18.7 Å². The van der Waals surface area contributed by atoms with Gasteiger partial charge in [-0.1, -0.05) is 170 Å². The van der Waals surface area contributed by atoms with Crippen molar-refractivity contribution in [3.63, 3.8) is 0 Å². The molecule has 0 aliphatic rings. The van der Waals surface area contributed by atoms with Gasteiger partial charge in [-0.25, -0.2) is 4.79 Å². The zero-order valence-corrected chi connectivity index (χ0v) is 39.9. The van der Waals surface area contributed by atoms with Crippen LogP contribution in [0.2, 0.25) is 36.3 Å². The van der Waals surface area contributed by atoms with Gasteiger partial charge in [-0.2, -0.15) is 0 Å². The van der Waals surface area contributed by atoms with Crippen LogP contribution in [0, 0.1) is 17.8 Å². The van der Waals surface area contributed by atoms with Crippen molar-refractivity contribution < 1.29 is 23.5 Å². The van der Waals surface area contributed by atoms with E-state index in [1.807, 2.05) is 0 Å². The minimum atomic E-state index is -2.03. The molecule has 4 unspecified atom stereocenters. The number of ether oxygens (including phenoxy) is 1. The van der Waals surface area contributed by atoms with Gasteiger partial charge in [-0.3, -0.25) is 4.90 Å². The maximum atomic E-state index is 12.2. The first-order valence-corrected chi connectivity index (χ1v) is 27.9. The molecule has 0 rings (SSSR count). The normalized spacial score (nSPS) is 15.2. The average molecular weight is 782 g/mol. The lowest BCUT2D eigenvalue weighted by molar-refractivity contribution is -0.154. The summed E-state index contributed by atoms with van der Waals surface area (Å²) >= 11 is 0. The van der Waals surface area contributed by atoms with Crippen LogP contribution < -0.4 is 0 Å². The van der Waals surface area contributed by atoms with Gasteiger partial charge in [0, 0.05) is 13.1 Å². The first kappa shape index (κ1) is 52.3. The summed E-state index contributed by atoms with van der Waals surface area (Å²) < 4.78 is 19.5. The number of carbonyl (C=O) groups excluding carboxylic acids is 1. The maximum Gasteiger partial charge on any atom is 0.336 e. The minimum absolute atomic E-state index is 0.122. The lowest BCUT2D eigenvalue weighted by Gasteiger charge is -2.42. The number of rotatable bonds is 30. The summed E-state index contributed by atoms with van der Waals surface area (Å²) in [6.45, 7) is 34.0. The molecule has 0 heterocycles. The van der Waals surface area contributed by atoms with Crippen molar-refractivity contribution in [2.45, 2.75) is 239 Å². The van der Waals surface area contributed by atoms with Crippen molar-refractivity contribution in [2.75, 3.05) is 26.2 Å². The molecule has 0 fully saturated rings. The highest BCUT2D eigenvalue weighted by molar-refractivity contribution is 6.74. The highest BCUT2D eigenvalue weighted by Gasteiger charge is 2.41. The van der Waals surface area contributed by atoms with Crippen molar-refractivity contribution in [1.82, 2.24) is 4.90 Å². The Hall–Kier alpha value is -0.696. The minimum Gasteiger partial charge on any atom is -0.464 e. The number of esters is 1. The van der Waals surface area contributed by atoms with Crippen LogP contribution in [0.5, 0.6) is 0 Å². The van der Waals surface area contributed by atoms with Crippen LogP contribution in [0.3, 0.4) is 0 Å². The van der Waals surface area contributed by atoms with Crippen LogP contribution in [0.1, 0.15) is 185 Å². The van der Waals surface area contributed by atoms with E-state index in [0.717, 1.165) is 25.9 Å². The summed E-state index contributed by atoms with van der Waals surface area (Å²) in [7, 11) is -4.05. The third kappa shape index (κ3) is 23.9. The van der Waals surface area contributed by atoms with Crippen molar-refractivity contribution in [2.24, 2.45) is 5.92 Å². The zero-order valence-electron chi connectivity index (χ0n) is 37.9. The van der Waals surface area contributed by atoms with Crippen LogP contribution in [-0.2, 0) is 18.4 Å². The number of nitrogens with zero attached hydrogens (tertiary/aromatic N) is 1. The van der Waals surface area contributed by atoms with Gasteiger partial charge in [0.1, 0.15) is 0 Å². The fraction of sp³-hybridized carbons (Fsp3) is 0.933. The number of hydrogen-bond acceptors (Lipinski definition) is 6. The van der Waals surface area contributed by atoms with Crippen LogP contribution in [0.25, 0.3) is 0 Å². The molecule has 1 N–H and O–H groups in total. The Morgan fingerprint density at radius 3 is 1.34 bits per heavy atom. The molecule has 0 bridgehead atoms. The summed E-state index contributed by atoms with van der Waals surface area (Å²) in [6, 6.07) is 0. The Labute approximate surface area is 333 Å². The van der Waals surface area contributed by atoms with Gasteiger partial charge in [0.15, 0.2) is 22.7 Å². The van der Waals surface area contributed by atoms with Crippen LogP contribution >= 0.6 is 0 Å². The van der Waals surface area contributed by atoms with Gasteiger partial charge >= 0.3 is 5.97 Å². The molecular weight excluding hydrogens is 691 g/mol. The van der Waals surface area contributed by atoms with E-state index in [1.54, 1.807) is 13.8 Å². The molecule has 0 aromatic carbocycles. The number of aliphatic hydroxyl groups is 1. The number of unbranched alkanes of at least 4 members (excludes halogenated alkanes) is 14. The van der Waals surface area contributed by atoms with E-state index in [-0.39, 0.29) is 28.9 Å². The number of carbonyl (C=O) groups is 1. The third-order valence-corrected chi connectivity index (χ3v) is 20.9. The van der Waals surface area contributed by atoms with Crippen molar-refractivity contribution in [3.05, 3.63) is 0 Å². The Balaban J connectivity index is 6.30. The molecular formula is C45H91NO5Si2. The highest BCUT2D eigenvalue weighted by atomic mass is 28.4. The van der Waals surface area contributed by atoms with Crippen molar-refractivity contribution >= 4 is 22.6 Å². The molecule has 0 amide bonds. The van der Waals surface area contributed by atoms with Crippen LogP contribution in [-0.4, -0.2) is 77.2 Å². The molecule has 4 atom stereocenters. The zero-order chi connectivity index (χ0) is 40.6. The van der Waals surface area contributed by atoms with E-state index in [9.17, 15) is 9.90 Å². The van der Waals surface area contributed by atoms with E-state index in [1.165, 1.54) is 103 Å². The summed E-state index contributed by atoms with van der Waals surface area (Å²) in [5.74, 6) is 5.47. The summed E-state index contributed by atoms with van der Waals surface area (Å²) in [5, 5.41) is 10.8. The molecule has 0 saturated heterocycles. The second-order valence-corrected chi connectivity index (χ2v) is 28.5. The Bertz CT molecular complexity index is 940. The highest BCUT2D eigenvalue weighted by Crippen LogP contribution is 2.39. The predicted molar refractivity (Wildman–Crippen MR) is 235 cm³/mol. The Kier molecular flexibility index (Phi) is 27.5. The lowest BCUT2D eigenvalue weighted by Crippen LogP contribution is -2.50. The summed E-state index contributed by atoms with van der Waals surface area (Å²) in [5.41, 5.74) is 0. The molecule has 0 aromatic rings. The molecule has 0 spiro atoms. The summed E-state index contributed by atoms with van der Waals surface area (Å²) in [4.78, 5) is 14.7. The topological polar surface area (TPSA) is 68.2 Å². The largest absolute Gasteiger partial charge is 0.464 e. The molecule has 8 heteroatoms. The third-order valence-electron chi connectivity index (χ3n) is 11.9. The second-order valence-electron chi connectivity index (χ2n) is 19.0. The predicted octanol–water partition coefficient (Wildman–Crippen LogP) is 12.7. The fourth-order valence-corrected chi connectivity index (χ4v) is 8.94. The average Bonchev–Trinajstić information content (AvgIpc) is 3.05. The van der Waals surface area contributed by atoms with E-state index in [0.29, 0.717) is 6.54 Å². The summed E-state index contributed by atoms with van der Waals surface area (Å²) in [6.07, 6.45) is 21.9. The first-order valence-electron chi connectivity index (χ1n) is 22.1. The molecule has 6 nitrogen and oxygen atoms in total. The number of hydrogen-bond donors (Lipinski definition) is 1. The fourth-order valence-electron chi connectivity index (χ4n) is 6.18. The van der Waals surface area contributed by atoms with E-state index >= 15 is 0 Å². The quantitative estimate of drug-likeness (QED) is 0.0339. The molecule has 0 radical (unpaired) electrons. The van der Waals surface area contributed by atoms with E-state index in [2.05, 4.69) is 98.3 Å². The lowest BCUT2D eigenvalue weighted by atomic mass is 10.0. The monoisotopic (exact) mass is 782 g/mol.